The third kappa shape index (κ3) is 3.22. The van der Waals surface area contributed by atoms with Crippen LogP contribution in [0.4, 0.5) is 5.69 Å². The number of para-hydroxylation sites is 1. The molecule has 9 heteroatoms. The van der Waals surface area contributed by atoms with Gasteiger partial charge in [0.05, 0.1) is 17.0 Å². The van der Waals surface area contributed by atoms with Gasteiger partial charge in [0.2, 0.25) is 0 Å². The third-order valence-electron chi connectivity index (χ3n) is 6.10. The van der Waals surface area contributed by atoms with E-state index in [4.69, 9.17) is 15.9 Å². The number of likely N-dealkylation sites (tertiary alicyclic amines) is 1. The number of ether oxygens (including phenoxy) is 2. The van der Waals surface area contributed by atoms with Gasteiger partial charge in [0.15, 0.2) is 17.0 Å². The molecule has 1 fully saturated rings. The largest absolute Gasteiger partial charge is 0.490 e. The lowest BCUT2D eigenvalue weighted by Gasteiger charge is -2.30. The van der Waals surface area contributed by atoms with Crippen LogP contribution in [0.1, 0.15) is 24.0 Å². The highest BCUT2D eigenvalue weighted by molar-refractivity contribution is 9.10. The molecule has 1 amide bonds. The Morgan fingerprint density at radius 3 is 2.81 bits per heavy atom. The topological polar surface area (TPSA) is 93.9 Å². The van der Waals surface area contributed by atoms with Crippen LogP contribution in [0.15, 0.2) is 40.9 Å². The summed E-state index contributed by atoms with van der Waals surface area (Å²) in [5.41, 5.74) is 0.499. The van der Waals surface area contributed by atoms with Crippen LogP contribution in [-0.4, -0.2) is 48.6 Å². The fraction of sp³-hybridized carbons (Fsp3) is 0.348. The molecule has 166 valence electrons. The number of nitrogens with zero attached hydrogens (tertiary/aromatic N) is 2. The molecule has 1 spiro atoms. The quantitative estimate of drug-likeness (QED) is 0.372. The summed E-state index contributed by atoms with van der Waals surface area (Å²) in [5.74, 6) is 2.35. The van der Waals surface area contributed by atoms with Crippen LogP contribution < -0.4 is 14.8 Å². The van der Waals surface area contributed by atoms with Crippen LogP contribution in [0, 0.1) is 22.5 Å². The Kier molecular flexibility index (Phi) is 5.84. The number of terminal acetylenes is 1. The zero-order valence-corrected chi connectivity index (χ0v) is 19.2. The molecule has 2 aromatic rings. The van der Waals surface area contributed by atoms with Crippen LogP contribution in [0.25, 0.3) is 0 Å². The maximum Gasteiger partial charge on any atom is 0.256 e. The molecule has 2 aliphatic heterocycles. The molecule has 0 unspecified atom stereocenters. The van der Waals surface area contributed by atoms with E-state index in [1.54, 1.807) is 48.3 Å². The number of likely N-dealkylation sites (N-methyl/N-ethyl adjacent to an activating group) is 1. The second-order valence-corrected chi connectivity index (χ2v) is 8.59. The summed E-state index contributed by atoms with van der Waals surface area (Å²) in [4.78, 5) is 27.1. The van der Waals surface area contributed by atoms with Crippen LogP contribution in [0.5, 0.6) is 11.5 Å². The monoisotopic (exact) mass is 499 g/mol. The Bertz CT molecular complexity index is 1130. The maximum absolute atomic E-state index is 13.2. The number of carbonyl (C=O) groups excluding carboxylic acids is 1. The number of nitro groups is 1. The normalized spacial score (nSPS) is 24.1. The summed E-state index contributed by atoms with van der Waals surface area (Å²) >= 11 is 3.49. The van der Waals surface area contributed by atoms with Gasteiger partial charge in [-0.1, -0.05) is 24.1 Å². The molecule has 0 saturated carbocycles. The van der Waals surface area contributed by atoms with Gasteiger partial charge >= 0.3 is 0 Å². The minimum atomic E-state index is -1.40. The number of halogens is 1. The van der Waals surface area contributed by atoms with Crippen molar-refractivity contribution in [3.8, 4) is 23.8 Å². The Labute approximate surface area is 194 Å². The first-order valence-electron chi connectivity index (χ1n) is 10.1. The minimum Gasteiger partial charge on any atom is -0.490 e. The van der Waals surface area contributed by atoms with Crippen molar-refractivity contribution in [3.05, 3.63) is 62.1 Å². The molecule has 1 N–H and O–H groups in total. The molecule has 0 aromatic heterocycles. The summed E-state index contributed by atoms with van der Waals surface area (Å²) in [6.45, 7) is 2.59. The van der Waals surface area contributed by atoms with Gasteiger partial charge in [0.25, 0.3) is 11.9 Å². The highest BCUT2D eigenvalue weighted by Gasteiger charge is 2.68. The molecule has 0 radical (unpaired) electrons. The second-order valence-electron chi connectivity index (χ2n) is 7.74. The zero-order valence-electron chi connectivity index (χ0n) is 17.6. The number of anilines is 1. The summed E-state index contributed by atoms with van der Waals surface area (Å²) in [6, 6.07) is 9.46. The maximum atomic E-state index is 13.2. The lowest BCUT2D eigenvalue weighted by molar-refractivity contribution is -0.534. The fourth-order valence-corrected chi connectivity index (χ4v) is 5.47. The Morgan fingerprint density at radius 2 is 2.12 bits per heavy atom. The fourth-order valence-electron chi connectivity index (χ4n) is 4.90. The van der Waals surface area contributed by atoms with Gasteiger partial charge in [-0.25, -0.2) is 0 Å². The van der Waals surface area contributed by atoms with Gasteiger partial charge in [-0.2, -0.15) is 0 Å². The number of fused-ring (bicyclic) bond motifs is 2. The smallest absolute Gasteiger partial charge is 0.256 e. The predicted octanol–water partition coefficient (Wildman–Crippen LogP) is 3.38. The van der Waals surface area contributed by atoms with E-state index in [1.807, 2.05) is 6.92 Å². The number of carbonyl (C=O) groups is 1. The standard InChI is InChI=1S/C23H22BrN3O5/c1-4-10-32-20-17(24)11-14(12-19(20)31-5-2)15-13-26(3)23(21(15)27(29)30)16-8-6-7-9-18(16)25-22(23)28/h1,6-9,11-12,15,21H,5,10,13H2,2-3H3,(H,25,28)/t15-,21-,23-/m0/s1. The van der Waals surface area contributed by atoms with Crippen molar-refractivity contribution in [2.75, 3.05) is 32.1 Å². The molecular weight excluding hydrogens is 478 g/mol. The van der Waals surface area contributed by atoms with Crippen LogP contribution >= 0.6 is 15.9 Å². The SMILES string of the molecule is C#CCOc1c(Br)cc([C@@H]2CN(C)[C@]3(C(=O)Nc4ccccc43)[C@H]2[N+](=O)[O-])cc1OCC. The molecule has 2 aliphatic rings. The number of benzene rings is 2. The van der Waals surface area contributed by atoms with E-state index in [0.717, 1.165) is 0 Å². The number of rotatable bonds is 6. The van der Waals surface area contributed by atoms with E-state index in [2.05, 4.69) is 27.2 Å². The van der Waals surface area contributed by atoms with E-state index >= 15 is 0 Å². The van der Waals surface area contributed by atoms with E-state index in [0.29, 0.717) is 45.9 Å². The summed E-state index contributed by atoms with van der Waals surface area (Å²) in [5, 5.41) is 15.3. The molecule has 2 heterocycles. The van der Waals surface area contributed by atoms with Crippen LogP contribution in [0.2, 0.25) is 0 Å². The van der Waals surface area contributed by atoms with Gasteiger partial charge in [0, 0.05) is 22.7 Å². The van der Waals surface area contributed by atoms with E-state index in [1.165, 1.54) is 0 Å². The zero-order chi connectivity index (χ0) is 23.0. The highest BCUT2D eigenvalue weighted by Crippen LogP contribution is 2.53. The molecule has 8 nitrogen and oxygen atoms in total. The molecule has 2 aromatic carbocycles. The van der Waals surface area contributed by atoms with Crippen molar-refractivity contribution in [1.82, 2.24) is 4.90 Å². The van der Waals surface area contributed by atoms with E-state index < -0.39 is 17.5 Å². The number of hydrogen-bond donors (Lipinski definition) is 1. The third-order valence-corrected chi connectivity index (χ3v) is 6.69. The van der Waals surface area contributed by atoms with Gasteiger partial charge < -0.3 is 14.8 Å². The van der Waals surface area contributed by atoms with Gasteiger partial charge in [-0.15, -0.1) is 6.42 Å². The van der Waals surface area contributed by atoms with E-state index in [-0.39, 0.29) is 17.4 Å². The summed E-state index contributed by atoms with van der Waals surface area (Å²) in [6.07, 6.45) is 5.32. The number of hydrogen-bond acceptors (Lipinski definition) is 6. The Balaban J connectivity index is 1.85. The molecule has 3 atom stereocenters. The molecule has 0 bridgehead atoms. The Hall–Kier alpha value is -3.09. The highest BCUT2D eigenvalue weighted by atomic mass is 79.9. The first-order chi connectivity index (χ1) is 15.4. The molecule has 32 heavy (non-hydrogen) atoms. The first-order valence-corrected chi connectivity index (χ1v) is 10.9. The van der Waals surface area contributed by atoms with Crippen molar-refractivity contribution < 1.29 is 19.2 Å². The molecule has 1 saturated heterocycles. The van der Waals surface area contributed by atoms with Crippen LogP contribution in [0.3, 0.4) is 0 Å². The van der Waals surface area contributed by atoms with Crippen molar-refractivity contribution >= 4 is 27.5 Å². The van der Waals surface area contributed by atoms with Gasteiger partial charge in [0.1, 0.15) is 6.61 Å². The first kappa shape index (κ1) is 22.1. The lowest BCUT2D eigenvalue weighted by Crippen LogP contribution is -2.54. The van der Waals surface area contributed by atoms with Gasteiger partial charge in [-0.05, 0) is 53.7 Å². The van der Waals surface area contributed by atoms with E-state index in [9.17, 15) is 14.9 Å². The average molecular weight is 500 g/mol. The van der Waals surface area contributed by atoms with Crippen molar-refractivity contribution in [1.29, 1.82) is 0 Å². The predicted molar refractivity (Wildman–Crippen MR) is 123 cm³/mol. The number of amides is 1. The summed E-state index contributed by atoms with van der Waals surface area (Å²) in [7, 11) is 1.75. The number of nitrogens with one attached hydrogen (secondary N) is 1. The van der Waals surface area contributed by atoms with Crippen LogP contribution in [-0.2, 0) is 10.3 Å². The second kappa shape index (κ2) is 8.45. The van der Waals surface area contributed by atoms with Gasteiger partial charge in [-0.3, -0.25) is 19.8 Å². The molecule has 0 aliphatic carbocycles. The minimum absolute atomic E-state index is 0.0573. The van der Waals surface area contributed by atoms with Crippen molar-refractivity contribution in [2.45, 2.75) is 24.4 Å². The summed E-state index contributed by atoms with van der Waals surface area (Å²) < 4.78 is 11.9. The lowest BCUT2D eigenvalue weighted by atomic mass is 9.79. The van der Waals surface area contributed by atoms with Crippen molar-refractivity contribution in [3.63, 3.8) is 0 Å². The average Bonchev–Trinajstić information content (AvgIpc) is 3.23. The van der Waals surface area contributed by atoms with Crippen molar-refractivity contribution in [2.24, 2.45) is 0 Å². The molecular formula is C23H22BrN3O5. The molecule has 4 rings (SSSR count). The Morgan fingerprint density at radius 1 is 1.38 bits per heavy atom.